The van der Waals surface area contributed by atoms with Gasteiger partial charge in [0.1, 0.15) is 0 Å². The van der Waals surface area contributed by atoms with Crippen LogP contribution in [0.2, 0.25) is 0 Å². The Hall–Kier alpha value is -0.820. The topological polar surface area (TPSA) is 3.24 Å². The van der Waals surface area contributed by atoms with Gasteiger partial charge in [-0.25, -0.2) is 0 Å². The van der Waals surface area contributed by atoms with Crippen molar-refractivity contribution < 1.29 is 0 Å². The SMILES string of the molecule is CN1Cc2cc(C(C)(C)C)c(C3CC3)c3c2C(CCC3)C1. The van der Waals surface area contributed by atoms with Crippen LogP contribution in [0.3, 0.4) is 0 Å². The summed E-state index contributed by atoms with van der Waals surface area (Å²) < 4.78 is 0. The monoisotopic (exact) mass is 283 g/mol. The summed E-state index contributed by atoms with van der Waals surface area (Å²) >= 11 is 0. The highest BCUT2D eigenvalue weighted by Gasteiger charge is 2.38. The molecule has 1 heteroatoms. The second-order valence-electron chi connectivity index (χ2n) is 8.70. The van der Waals surface area contributed by atoms with Gasteiger partial charge in [0.15, 0.2) is 0 Å². The largest absolute Gasteiger partial charge is 0.301 e. The van der Waals surface area contributed by atoms with Gasteiger partial charge in [0.25, 0.3) is 0 Å². The molecule has 0 bridgehead atoms. The molecule has 1 aromatic carbocycles. The van der Waals surface area contributed by atoms with Gasteiger partial charge in [-0.1, -0.05) is 26.8 Å². The van der Waals surface area contributed by atoms with E-state index in [1.807, 2.05) is 0 Å². The van der Waals surface area contributed by atoms with Crippen LogP contribution in [-0.2, 0) is 18.4 Å². The molecule has 0 aromatic heterocycles. The zero-order valence-electron chi connectivity index (χ0n) is 14.1. The Morgan fingerprint density at radius 3 is 2.48 bits per heavy atom. The molecule has 1 nitrogen and oxygen atoms in total. The third-order valence-electron chi connectivity index (χ3n) is 5.76. The average molecular weight is 283 g/mol. The standard InChI is InChI=1S/C20H29N/c1-20(2,3)17-10-15-12-21(4)11-14-6-5-7-16(18(14)15)19(17)13-8-9-13/h10,13-14H,5-9,11-12H2,1-4H3. The van der Waals surface area contributed by atoms with Gasteiger partial charge in [0, 0.05) is 13.1 Å². The van der Waals surface area contributed by atoms with Gasteiger partial charge in [-0.15, -0.1) is 0 Å². The molecule has 0 spiro atoms. The molecule has 114 valence electrons. The molecule has 1 unspecified atom stereocenters. The Morgan fingerprint density at radius 2 is 1.81 bits per heavy atom. The Bertz CT molecular complexity index is 574. The van der Waals surface area contributed by atoms with E-state index in [1.54, 1.807) is 27.8 Å². The predicted molar refractivity (Wildman–Crippen MR) is 89.1 cm³/mol. The van der Waals surface area contributed by atoms with Crippen molar-refractivity contribution in [3.8, 4) is 0 Å². The van der Waals surface area contributed by atoms with Crippen molar-refractivity contribution in [1.29, 1.82) is 0 Å². The van der Waals surface area contributed by atoms with Gasteiger partial charge in [-0.05, 0) is 84.2 Å². The Balaban J connectivity index is 1.96. The average Bonchev–Trinajstić information content (AvgIpc) is 3.21. The van der Waals surface area contributed by atoms with Crippen molar-refractivity contribution in [2.45, 2.75) is 76.7 Å². The van der Waals surface area contributed by atoms with Gasteiger partial charge in [-0.3, -0.25) is 0 Å². The summed E-state index contributed by atoms with van der Waals surface area (Å²) in [6.45, 7) is 9.65. The van der Waals surface area contributed by atoms with E-state index >= 15 is 0 Å². The molecule has 0 radical (unpaired) electrons. The highest BCUT2D eigenvalue weighted by molar-refractivity contribution is 5.54. The summed E-state index contributed by atoms with van der Waals surface area (Å²) in [5.74, 6) is 1.70. The molecule has 1 aromatic rings. The minimum Gasteiger partial charge on any atom is -0.301 e. The minimum atomic E-state index is 0.284. The van der Waals surface area contributed by atoms with Crippen LogP contribution in [0.15, 0.2) is 6.07 Å². The lowest BCUT2D eigenvalue weighted by atomic mass is 9.70. The van der Waals surface area contributed by atoms with Crippen LogP contribution in [0, 0.1) is 0 Å². The second kappa shape index (κ2) is 4.59. The van der Waals surface area contributed by atoms with E-state index in [1.165, 1.54) is 38.6 Å². The molecular formula is C20H29N. The van der Waals surface area contributed by atoms with Crippen LogP contribution in [0.5, 0.6) is 0 Å². The zero-order valence-corrected chi connectivity index (χ0v) is 14.1. The molecule has 1 aliphatic heterocycles. The van der Waals surface area contributed by atoms with Crippen LogP contribution in [-0.4, -0.2) is 18.5 Å². The van der Waals surface area contributed by atoms with Crippen LogP contribution in [0.4, 0.5) is 0 Å². The van der Waals surface area contributed by atoms with Crippen molar-refractivity contribution in [3.05, 3.63) is 33.9 Å². The first-order valence-electron chi connectivity index (χ1n) is 8.82. The Kier molecular flexibility index (Phi) is 3.02. The highest BCUT2D eigenvalue weighted by Crippen LogP contribution is 2.51. The number of hydrogen-bond acceptors (Lipinski definition) is 1. The predicted octanol–water partition coefficient (Wildman–Crippen LogP) is 4.73. The Labute approximate surface area is 129 Å². The quantitative estimate of drug-likeness (QED) is 0.720. The van der Waals surface area contributed by atoms with Crippen LogP contribution >= 0.6 is 0 Å². The first-order valence-corrected chi connectivity index (χ1v) is 8.82. The first kappa shape index (κ1) is 13.8. The molecule has 1 atom stereocenters. The fourth-order valence-corrected chi connectivity index (χ4v) is 4.78. The van der Waals surface area contributed by atoms with E-state index in [4.69, 9.17) is 0 Å². The molecule has 1 fully saturated rings. The van der Waals surface area contributed by atoms with Crippen LogP contribution in [0.25, 0.3) is 0 Å². The van der Waals surface area contributed by atoms with E-state index in [0.717, 1.165) is 18.4 Å². The third-order valence-corrected chi connectivity index (χ3v) is 5.76. The molecular weight excluding hydrogens is 254 g/mol. The highest BCUT2D eigenvalue weighted by atomic mass is 15.1. The fourth-order valence-electron chi connectivity index (χ4n) is 4.78. The third kappa shape index (κ3) is 2.25. The minimum absolute atomic E-state index is 0.284. The maximum atomic E-state index is 2.60. The smallest absolute Gasteiger partial charge is 0.0233 e. The van der Waals surface area contributed by atoms with E-state index in [0.29, 0.717) is 0 Å². The van der Waals surface area contributed by atoms with E-state index in [9.17, 15) is 0 Å². The summed E-state index contributed by atoms with van der Waals surface area (Å²) in [5, 5.41) is 0. The van der Waals surface area contributed by atoms with Gasteiger partial charge in [0.2, 0.25) is 0 Å². The fraction of sp³-hybridized carbons (Fsp3) is 0.700. The zero-order chi connectivity index (χ0) is 14.8. The lowest BCUT2D eigenvalue weighted by Crippen LogP contribution is -2.34. The maximum absolute atomic E-state index is 2.60. The van der Waals surface area contributed by atoms with E-state index < -0.39 is 0 Å². The summed E-state index contributed by atoms with van der Waals surface area (Å²) in [6.07, 6.45) is 7.01. The van der Waals surface area contributed by atoms with Crippen molar-refractivity contribution in [2.24, 2.45) is 0 Å². The number of nitrogens with zero attached hydrogens (tertiary/aromatic N) is 1. The molecule has 0 N–H and O–H groups in total. The van der Waals surface area contributed by atoms with Crippen LogP contribution in [0.1, 0.15) is 86.1 Å². The van der Waals surface area contributed by atoms with Gasteiger partial charge >= 0.3 is 0 Å². The normalized spacial score (nSPS) is 25.8. The molecule has 0 saturated heterocycles. The van der Waals surface area contributed by atoms with Gasteiger partial charge in [-0.2, -0.15) is 0 Å². The van der Waals surface area contributed by atoms with E-state index in [-0.39, 0.29) is 5.41 Å². The summed E-state index contributed by atoms with van der Waals surface area (Å²) in [6, 6.07) is 2.60. The van der Waals surface area contributed by atoms with E-state index in [2.05, 4.69) is 38.8 Å². The van der Waals surface area contributed by atoms with Crippen molar-refractivity contribution in [2.75, 3.05) is 13.6 Å². The summed E-state index contributed by atoms with van der Waals surface area (Å²) in [4.78, 5) is 2.53. The number of rotatable bonds is 1. The summed E-state index contributed by atoms with van der Waals surface area (Å²) in [5.41, 5.74) is 8.97. The number of hydrogen-bond donors (Lipinski definition) is 0. The lowest BCUT2D eigenvalue weighted by molar-refractivity contribution is 0.265. The molecule has 0 amide bonds. The van der Waals surface area contributed by atoms with Crippen LogP contribution < -0.4 is 0 Å². The van der Waals surface area contributed by atoms with Crippen molar-refractivity contribution in [1.82, 2.24) is 4.90 Å². The number of likely N-dealkylation sites (N-methyl/N-ethyl adjacent to an activating group) is 1. The molecule has 2 aliphatic carbocycles. The van der Waals surface area contributed by atoms with Crippen molar-refractivity contribution in [3.63, 3.8) is 0 Å². The van der Waals surface area contributed by atoms with Gasteiger partial charge < -0.3 is 4.90 Å². The maximum Gasteiger partial charge on any atom is 0.0233 e. The molecule has 21 heavy (non-hydrogen) atoms. The number of benzene rings is 1. The molecule has 1 saturated carbocycles. The molecule has 4 rings (SSSR count). The van der Waals surface area contributed by atoms with Crippen molar-refractivity contribution >= 4 is 0 Å². The second-order valence-corrected chi connectivity index (χ2v) is 8.70. The van der Waals surface area contributed by atoms with Gasteiger partial charge in [0.05, 0.1) is 0 Å². The molecule has 3 aliphatic rings. The first-order chi connectivity index (χ1) is 9.95. The molecule has 1 heterocycles. The lowest BCUT2D eigenvalue weighted by Gasteiger charge is -2.40. The summed E-state index contributed by atoms with van der Waals surface area (Å²) in [7, 11) is 2.29. The Morgan fingerprint density at radius 1 is 1.05 bits per heavy atom.